The molecule has 1 atom stereocenters. The summed E-state index contributed by atoms with van der Waals surface area (Å²) in [5.74, 6) is 0.425. The number of fused-ring (bicyclic) bond motifs is 1. The van der Waals surface area contributed by atoms with Gasteiger partial charge in [-0.25, -0.2) is 9.97 Å². The van der Waals surface area contributed by atoms with Crippen LogP contribution in [0.3, 0.4) is 0 Å². The first-order valence-electron chi connectivity index (χ1n) is 8.97. The van der Waals surface area contributed by atoms with E-state index in [1.54, 1.807) is 12.5 Å². The highest BCUT2D eigenvalue weighted by Gasteiger charge is 2.26. The molecule has 0 aliphatic carbocycles. The maximum absolute atomic E-state index is 12.3. The molecule has 0 saturated heterocycles. The average Bonchev–Trinajstić information content (AvgIpc) is 2.94. The number of carbonyl (C=O) groups is 1. The second-order valence-electron chi connectivity index (χ2n) is 6.71. The Morgan fingerprint density at radius 3 is 2.61 bits per heavy atom. The van der Waals surface area contributed by atoms with Crippen LogP contribution in [0.4, 0.5) is 11.6 Å². The highest BCUT2D eigenvalue weighted by atomic mass is 32.2. The summed E-state index contributed by atoms with van der Waals surface area (Å²) in [5, 5.41) is 6.08. The molecular formula is C20H21N5O2S. The van der Waals surface area contributed by atoms with Crippen LogP contribution < -0.4 is 10.6 Å². The van der Waals surface area contributed by atoms with Gasteiger partial charge >= 0.3 is 0 Å². The molecule has 1 unspecified atom stereocenters. The predicted octanol–water partition coefficient (Wildman–Crippen LogP) is 2.79. The van der Waals surface area contributed by atoms with Gasteiger partial charge < -0.3 is 15.2 Å². The topological polar surface area (TPSA) is 88.9 Å². The summed E-state index contributed by atoms with van der Waals surface area (Å²) in [7, 11) is -1.01. The molecular weight excluding hydrogens is 374 g/mol. The second-order valence-corrected chi connectivity index (χ2v) is 8.09. The maximum atomic E-state index is 12.3. The van der Waals surface area contributed by atoms with E-state index < -0.39 is 10.8 Å². The summed E-state index contributed by atoms with van der Waals surface area (Å²) in [6, 6.07) is 9.19. The van der Waals surface area contributed by atoms with Crippen LogP contribution in [0.25, 0.3) is 11.3 Å². The maximum Gasteiger partial charge on any atom is 0.268 e. The minimum atomic E-state index is -1.01. The van der Waals surface area contributed by atoms with Crippen molar-refractivity contribution >= 4 is 28.3 Å². The summed E-state index contributed by atoms with van der Waals surface area (Å²) in [5.41, 5.74) is 5.21. The Kier molecular flexibility index (Phi) is 4.72. The van der Waals surface area contributed by atoms with Crippen molar-refractivity contribution in [1.82, 2.24) is 19.9 Å². The Labute approximate surface area is 165 Å². The van der Waals surface area contributed by atoms with Crippen molar-refractivity contribution in [2.24, 2.45) is 0 Å². The fourth-order valence-corrected chi connectivity index (χ4v) is 4.15. The zero-order chi connectivity index (χ0) is 19.8. The summed E-state index contributed by atoms with van der Waals surface area (Å²) >= 11 is 0. The lowest BCUT2D eigenvalue weighted by Gasteiger charge is -2.17. The van der Waals surface area contributed by atoms with E-state index in [2.05, 4.69) is 25.2 Å². The molecule has 0 saturated carbocycles. The lowest BCUT2D eigenvalue weighted by atomic mass is 10.1. The van der Waals surface area contributed by atoms with Gasteiger partial charge in [-0.15, -0.1) is 0 Å². The first-order chi connectivity index (χ1) is 13.5. The van der Waals surface area contributed by atoms with Crippen molar-refractivity contribution in [1.29, 1.82) is 0 Å². The van der Waals surface area contributed by atoms with Crippen LogP contribution in [-0.2, 0) is 17.3 Å². The van der Waals surface area contributed by atoms with E-state index in [1.807, 2.05) is 44.2 Å². The van der Waals surface area contributed by atoms with Crippen molar-refractivity contribution in [2.75, 3.05) is 18.1 Å². The quantitative estimate of drug-likeness (QED) is 0.709. The number of aromatic nitrogens is 3. The number of benzene rings is 1. The Hall–Kier alpha value is -3.00. The number of anilines is 2. The van der Waals surface area contributed by atoms with Crippen LogP contribution in [0.1, 0.15) is 21.7 Å². The minimum Gasteiger partial charge on any atom is -0.349 e. The predicted molar refractivity (Wildman–Crippen MR) is 109 cm³/mol. The van der Waals surface area contributed by atoms with Gasteiger partial charge in [0.1, 0.15) is 5.69 Å². The second kappa shape index (κ2) is 7.20. The smallest absolute Gasteiger partial charge is 0.268 e. The van der Waals surface area contributed by atoms with Crippen LogP contribution in [0.15, 0.2) is 41.4 Å². The average molecular weight is 395 g/mol. The normalized spacial score (nSPS) is 14.3. The molecule has 144 valence electrons. The van der Waals surface area contributed by atoms with Crippen LogP contribution in [0, 0.1) is 13.8 Å². The summed E-state index contributed by atoms with van der Waals surface area (Å²) in [6.45, 7) is 5.37. The molecule has 1 aliphatic heterocycles. The molecule has 2 aromatic heterocycles. The first kappa shape index (κ1) is 18.4. The van der Waals surface area contributed by atoms with Crippen LogP contribution in [-0.4, -0.2) is 37.5 Å². The fourth-order valence-electron chi connectivity index (χ4n) is 3.63. The van der Waals surface area contributed by atoms with Crippen molar-refractivity contribution in [3.63, 3.8) is 0 Å². The number of nitrogens with zero attached hydrogens (tertiary/aromatic N) is 3. The van der Waals surface area contributed by atoms with Crippen molar-refractivity contribution in [3.8, 4) is 11.3 Å². The zero-order valence-corrected chi connectivity index (χ0v) is 16.8. The standard InChI is InChI=1S/C20H21N5O2S/c1-12-17(13(2)25-11-10-21-19(26)18(12)25)16-8-9-22-20(24-16)23-14-4-6-15(7-5-14)28(3)27/h4-9H,10-11H2,1-3H3,(H,21,26)(H,22,23,24). The molecule has 4 rings (SSSR count). The van der Waals surface area contributed by atoms with Gasteiger partial charge in [0.2, 0.25) is 5.95 Å². The van der Waals surface area contributed by atoms with E-state index in [4.69, 9.17) is 0 Å². The van der Waals surface area contributed by atoms with Crippen LogP contribution in [0.2, 0.25) is 0 Å². The molecule has 0 fully saturated rings. The number of amides is 1. The zero-order valence-electron chi connectivity index (χ0n) is 15.9. The van der Waals surface area contributed by atoms with E-state index in [-0.39, 0.29) is 5.91 Å². The molecule has 1 aliphatic rings. The van der Waals surface area contributed by atoms with Crippen molar-refractivity contribution in [2.45, 2.75) is 25.3 Å². The number of hydrogen-bond donors (Lipinski definition) is 2. The van der Waals surface area contributed by atoms with Crippen LogP contribution in [0.5, 0.6) is 0 Å². The van der Waals surface area contributed by atoms with Crippen molar-refractivity contribution < 1.29 is 9.00 Å². The molecule has 2 N–H and O–H groups in total. The van der Waals surface area contributed by atoms with Gasteiger partial charge in [0.25, 0.3) is 5.91 Å². The van der Waals surface area contributed by atoms with Gasteiger partial charge in [-0.05, 0) is 49.7 Å². The summed E-state index contributed by atoms with van der Waals surface area (Å²) in [6.07, 6.45) is 3.35. The number of rotatable bonds is 4. The van der Waals surface area contributed by atoms with E-state index in [1.165, 1.54) is 0 Å². The Balaban J connectivity index is 1.68. The molecule has 0 radical (unpaired) electrons. The van der Waals surface area contributed by atoms with Gasteiger partial charge in [-0.3, -0.25) is 9.00 Å². The highest BCUT2D eigenvalue weighted by Crippen LogP contribution is 2.32. The Morgan fingerprint density at radius 2 is 1.93 bits per heavy atom. The van der Waals surface area contributed by atoms with E-state index >= 15 is 0 Å². The lowest BCUT2D eigenvalue weighted by Crippen LogP contribution is -2.35. The number of hydrogen-bond acceptors (Lipinski definition) is 5. The van der Waals surface area contributed by atoms with Gasteiger partial charge in [-0.1, -0.05) is 0 Å². The molecule has 28 heavy (non-hydrogen) atoms. The minimum absolute atomic E-state index is 0.0427. The molecule has 0 bridgehead atoms. The Bertz CT molecular complexity index is 1090. The molecule has 8 heteroatoms. The van der Waals surface area contributed by atoms with Gasteiger partial charge in [0, 0.05) is 58.2 Å². The van der Waals surface area contributed by atoms with Gasteiger partial charge in [-0.2, -0.15) is 0 Å². The first-order valence-corrected chi connectivity index (χ1v) is 10.5. The largest absolute Gasteiger partial charge is 0.349 e. The third-order valence-corrected chi connectivity index (χ3v) is 5.89. The highest BCUT2D eigenvalue weighted by molar-refractivity contribution is 7.84. The SMILES string of the molecule is Cc1c(-c2ccnc(Nc3ccc(S(C)=O)cc3)n2)c(C)n2c1C(=O)NCC2. The number of nitrogens with one attached hydrogen (secondary N) is 2. The third kappa shape index (κ3) is 3.20. The van der Waals surface area contributed by atoms with Gasteiger partial charge in [0.15, 0.2) is 0 Å². The Morgan fingerprint density at radius 1 is 1.18 bits per heavy atom. The molecule has 1 amide bonds. The van der Waals surface area contributed by atoms with Gasteiger partial charge in [0.05, 0.1) is 5.69 Å². The molecule has 0 spiro atoms. The molecule has 7 nitrogen and oxygen atoms in total. The van der Waals surface area contributed by atoms with Crippen LogP contribution >= 0.6 is 0 Å². The monoisotopic (exact) mass is 395 g/mol. The van der Waals surface area contributed by atoms with E-state index in [0.29, 0.717) is 18.2 Å². The summed E-state index contributed by atoms with van der Waals surface area (Å²) < 4.78 is 13.6. The number of carbonyl (C=O) groups excluding carboxylic acids is 1. The van der Waals surface area contributed by atoms with E-state index in [9.17, 15) is 9.00 Å². The molecule has 1 aromatic carbocycles. The third-order valence-electron chi connectivity index (χ3n) is 4.96. The fraction of sp³-hybridized carbons (Fsp3) is 0.250. The molecule has 3 heterocycles. The molecule has 3 aromatic rings. The van der Waals surface area contributed by atoms with Crippen molar-refractivity contribution in [3.05, 3.63) is 53.5 Å². The summed E-state index contributed by atoms with van der Waals surface area (Å²) in [4.78, 5) is 22.0. The lowest BCUT2D eigenvalue weighted by molar-refractivity contribution is 0.0926. The van der Waals surface area contributed by atoms with E-state index in [0.717, 1.165) is 39.6 Å².